The summed E-state index contributed by atoms with van der Waals surface area (Å²) in [6.07, 6.45) is 0. The molecule has 1 aromatic heterocycles. The molecule has 2 aromatic carbocycles. The molecule has 1 aliphatic rings. The van der Waals surface area contributed by atoms with Crippen LogP contribution in [-0.2, 0) is 10.0 Å². The highest BCUT2D eigenvalue weighted by Crippen LogP contribution is 2.35. The average molecular weight is 387 g/mol. The van der Waals surface area contributed by atoms with E-state index in [9.17, 15) is 8.42 Å². The van der Waals surface area contributed by atoms with Gasteiger partial charge in [-0.05, 0) is 50.2 Å². The Labute approximate surface area is 156 Å². The number of hydrogen-bond acceptors (Lipinski definition) is 7. The van der Waals surface area contributed by atoms with Gasteiger partial charge in [-0.15, -0.1) is 0 Å². The number of ether oxygens (including phenoxy) is 2. The predicted octanol–water partition coefficient (Wildman–Crippen LogP) is 3.56. The number of aromatic nitrogens is 1. The van der Waals surface area contributed by atoms with Crippen LogP contribution in [0.1, 0.15) is 11.5 Å². The first kappa shape index (κ1) is 17.2. The molecule has 0 radical (unpaired) electrons. The summed E-state index contributed by atoms with van der Waals surface area (Å²) in [5.74, 6) is 1.65. The largest absolute Gasteiger partial charge is 0.454 e. The fraction of sp³-hybridized carbons (Fsp3) is 0.167. The lowest BCUT2D eigenvalue weighted by Gasteiger charge is -2.10. The lowest BCUT2D eigenvalue weighted by Crippen LogP contribution is -2.14. The van der Waals surface area contributed by atoms with Crippen LogP contribution < -0.4 is 19.5 Å². The molecular formula is C18H17N3O5S. The lowest BCUT2D eigenvalue weighted by atomic mass is 10.2. The van der Waals surface area contributed by atoms with Crippen LogP contribution in [-0.4, -0.2) is 20.4 Å². The van der Waals surface area contributed by atoms with E-state index < -0.39 is 10.0 Å². The second-order valence-corrected chi connectivity index (χ2v) is 7.65. The van der Waals surface area contributed by atoms with Gasteiger partial charge in [-0.3, -0.25) is 4.72 Å². The topological polar surface area (TPSA) is 103 Å². The van der Waals surface area contributed by atoms with Crippen molar-refractivity contribution in [1.82, 2.24) is 5.16 Å². The first-order valence-electron chi connectivity index (χ1n) is 8.15. The maximum atomic E-state index is 12.5. The van der Waals surface area contributed by atoms with Gasteiger partial charge in [0.25, 0.3) is 10.0 Å². The minimum absolute atomic E-state index is 0.0602. The average Bonchev–Trinajstić information content (AvgIpc) is 3.22. The molecule has 140 valence electrons. The van der Waals surface area contributed by atoms with Crippen molar-refractivity contribution in [2.45, 2.75) is 18.7 Å². The summed E-state index contributed by atoms with van der Waals surface area (Å²) in [7, 11) is -3.77. The number of anilines is 3. The van der Waals surface area contributed by atoms with E-state index in [1.807, 2.05) is 18.2 Å². The van der Waals surface area contributed by atoms with Crippen LogP contribution >= 0.6 is 0 Å². The highest BCUT2D eigenvalue weighted by molar-refractivity contribution is 7.92. The molecule has 0 saturated carbocycles. The van der Waals surface area contributed by atoms with Gasteiger partial charge in [0.2, 0.25) is 6.79 Å². The molecule has 0 bridgehead atoms. The Morgan fingerprint density at radius 2 is 1.59 bits per heavy atom. The molecule has 0 fully saturated rings. The first-order valence-corrected chi connectivity index (χ1v) is 9.63. The van der Waals surface area contributed by atoms with Crippen LogP contribution in [0.4, 0.5) is 17.1 Å². The molecular weight excluding hydrogens is 370 g/mol. The second kappa shape index (κ2) is 6.51. The zero-order chi connectivity index (χ0) is 19.0. The number of hydrogen-bond donors (Lipinski definition) is 2. The summed E-state index contributed by atoms with van der Waals surface area (Å²) < 4.78 is 43.2. The zero-order valence-corrected chi connectivity index (χ0v) is 15.5. The molecule has 2 N–H and O–H groups in total. The molecule has 8 nitrogen and oxygen atoms in total. The van der Waals surface area contributed by atoms with Gasteiger partial charge in [0.05, 0.1) is 0 Å². The van der Waals surface area contributed by atoms with Gasteiger partial charge in [-0.2, -0.15) is 0 Å². The van der Waals surface area contributed by atoms with Crippen molar-refractivity contribution in [2.75, 3.05) is 16.8 Å². The molecule has 0 aliphatic carbocycles. The maximum absolute atomic E-state index is 12.5. The van der Waals surface area contributed by atoms with Gasteiger partial charge in [0.1, 0.15) is 5.69 Å². The minimum Gasteiger partial charge on any atom is -0.454 e. The van der Waals surface area contributed by atoms with Crippen molar-refractivity contribution in [3.05, 3.63) is 53.9 Å². The molecule has 0 spiro atoms. The number of aryl methyl sites for hydroxylation is 2. The molecule has 3 aromatic rings. The Bertz CT molecular complexity index is 1070. The van der Waals surface area contributed by atoms with Gasteiger partial charge in [-0.1, -0.05) is 5.16 Å². The normalized spacial score (nSPS) is 12.8. The van der Waals surface area contributed by atoms with Crippen molar-refractivity contribution in [3.8, 4) is 11.5 Å². The smallest absolute Gasteiger partial charge is 0.267 e. The first-order chi connectivity index (χ1) is 12.9. The number of nitrogens with zero attached hydrogens (tertiary/aromatic N) is 1. The molecule has 0 atom stereocenters. The van der Waals surface area contributed by atoms with Gasteiger partial charge in [0, 0.05) is 23.1 Å². The Kier molecular flexibility index (Phi) is 4.15. The third kappa shape index (κ3) is 3.41. The molecule has 0 unspecified atom stereocenters. The Balaban J connectivity index is 1.49. The minimum atomic E-state index is -3.77. The van der Waals surface area contributed by atoms with E-state index in [0.29, 0.717) is 22.9 Å². The molecule has 27 heavy (non-hydrogen) atoms. The molecule has 4 rings (SSSR count). The van der Waals surface area contributed by atoms with Crippen LogP contribution in [0.2, 0.25) is 0 Å². The molecule has 2 heterocycles. The van der Waals surface area contributed by atoms with E-state index in [2.05, 4.69) is 15.2 Å². The number of fused-ring (bicyclic) bond motifs is 1. The van der Waals surface area contributed by atoms with Gasteiger partial charge in [-0.25, -0.2) is 8.42 Å². The monoisotopic (exact) mass is 387 g/mol. The second-order valence-electron chi connectivity index (χ2n) is 6.03. The SMILES string of the molecule is Cc1noc(C)c1S(=O)(=O)Nc1ccc(Nc2ccc3c(c2)OCO3)cc1. The molecule has 1 aliphatic heterocycles. The van der Waals surface area contributed by atoms with Crippen LogP contribution in [0.25, 0.3) is 0 Å². The summed E-state index contributed by atoms with van der Waals surface area (Å²) in [4.78, 5) is 0.0602. The summed E-state index contributed by atoms with van der Waals surface area (Å²) in [6.45, 7) is 3.37. The summed E-state index contributed by atoms with van der Waals surface area (Å²) in [5, 5.41) is 6.92. The highest BCUT2D eigenvalue weighted by Gasteiger charge is 2.24. The quantitative estimate of drug-likeness (QED) is 0.690. The molecule has 0 amide bonds. The number of sulfonamides is 1. The summed E-state index contributed by atoms with van der Waals surface area (Å²) in [6, 6.07) is 12.4. The van der Waals surface area contributed by atoms with Crippen molar-refractivity contribution in [1.29, 1.82) is 0 Å². The Hall–Kier alpha value is -3.20. The van der Waals surface area contributed by atoms with E-state index in [1.54, 1.807) is 38.1 Å². The van der Waals surface area contributed by atoms with Gasteiger partial charge >= 0.3 is 0 Å². The van der Waals surface area contributed by atoms with Crippen LogP contribution in [0.15, 0.2) is 51.9 Å². The van der Waals surface area contributed by atoms with Crippen LogP contribution in [0.3, 0.4) is 0 Å². The van der Waals surface area contributed by atoms with Crippen LogP contribution in [0.5, 0.6) is 11.5 Å². The van der Waals surface area contributed by atoms with E-state index >= 15 is 0 Å². The highest BCUT2D eigenvalue weighted by atomic mass is 32.2. The lowest BCUT2D eigenvalue weighted by molar-refractivity contribution is 0.174. The third-order valence-electron chi connectivity index (χ3n) is 4.03. The van der Waals surface area contributed by atoms with Crippen molar-refractivity contribution in [2.24, 2.45) is 0 Å². The Morgan fingerprint density at radius 1 is 0.926 bits per heavy atom. The van der Waals surface area contributed by atoms with Crippen molar-refractivity contribution >= 4 is 27.1 Å². The van der Waals surface area contributed by atoms with E-state index in [4.69, 9.17) is 14.0 Å². The number of nitrogens with one attached hydrogen (secondary N) is 2. The van der Waals surface area contributed by atoms with Crippen LogP contribution in [0, 0.1) is 13.8 Å². The van der Waals surface area contributed by atoms with E-state index in [0.717, 1.165) is 11.4 Å². The third-order valence-corrected chi connectivity index (χ3v) is 5.66. The Morgan fingerprint density at radius 3 is 2.30 bits per heavy atom. The summed E-state index contributed by atoms with van der Waals surface area (Å²) in [5.41, 5.74) is 2.39. The number of benzene rings is 2. The standard InChI is InChI=1S/C18H17N3O5S/c1-11-18(12(2)26-20-11)27(22,23)21-14-5-3-13(4-6-14)19-15-7-8-16-17(9-15)25-10-24-16/h3-9,19,21H,10H2,1-2H3. The van der Waals surface area contributed by atoms with Gasteiger partial charge < -0.3 is 19.3 Å². The van der Waals surface area contributed by atoms with E-state index in [1.165, 1.54) is 0 Å². The van der Waals surface area contributed by atoms with Crippen molar-refractivity contribution in [3.63, 3.8) is 0 Å². The predicted molar refractivity (Wildman–Crippen MR) is 99.1 cm³/mol. The van der Waals surface area contributed by atoms with Crippen molar-refractivity contribution < 1.29 is 22.4 Å². The van der Waals surface area contributed by atoms with E-state index in [-0.39, 0.29) is 17.4 Å². The summed E-state index contributed by atoms with van der Waals surface area (Å²) >= 11 is 0. The van der Waals surface area contributed by atoms with Gasteiger partial charge in [0.15, 0.2) is 22.2 Å². The number of rotatable bonds is 5. The zero-order valence-electron chi connectivity index (χ0n) is 14.6. The fourth-order valence-electron chi connectivity index (χ4n) is 2.83. The fourth-order valence-corrected chi connectivity index (χ4v) is 4.22. The molecule has 9 heteroatoms. The molecule has 0 saturated heterocycles. The maximum Gasteiger partial charge on any atom is 0.267 e.